The maximum Gasteiger partial charge on any atom is 0.269 e. The van der Waals surface area contributed by atoms with Gasteiger partial charge in [-0.2, -0.15) is 0 Å². The molecule has 0 fully saturated rings. The van der Waals surface area contributed by atoms with Gasteiger partial charge < -0.3 is 9.88 Å². The van der Waals surface area contributed by atoms with Crippen molar-refractivity contribution in [3.63, 3.8) is 0 Å². The molecule has 0 spiro atoms. The lowest BCUT2D eigenvalue weighted by molar-refractivity contribution is -0.384. The number of amides is 1. The van der Waals surface area contributed by atoms with Gasteiger partial charge in [-0.1, -0.05) is 41.4 Å². The average molecular weight is 466 g/mol. The van der Waals surface area contributed by atoms with Gasteiger partial charge in [0, 0.05) is 40.8 Å². The van der Waals surface area contributed by atoms with Crippen LogP contribution in [0.2, 0.25) is 10.0 Å². The number of benzene rings is 3. The van der Waals surface area contributed by atoms with E-state index in [2.05, 4.69) is 11.1 Å². The van der Waals surface area contributed by atoms with Crippen molar-refractivity contribution in [3.05, 3.63) is 109 Å². The Bertz CT molecular complexity index is 1360. The highest BCUT2D eigenvalue weighted by molar-refractivity contribution is 6.42. The zero-order valence-corrected chi connectivity index (χ0v) is 18.2. The van der Waals surface area contributed by atoms with E-state index < -0.39 is 11.0 Å². The number of para-hydroxylation sites is 1. The molecule has 0 unspecified atom stereocenters. The summed E-state index contributed by atoms with van der Waals surface area (Å²) in [4.78, 5) is 29.5. The number of carbonyl (C=O) groups excluding carboxylic acids is 1. The van der Waals surface area contributed by atoms with Gasteiger partial charge in [-0.25, -0.2) is 0 Å². The van der Waals surface area contributed by atoms with Crippen molar-refractivity contribution in [2.75, 3.05) is 6.54 Å². The fourth-order valence-corrected chi connectivity index (χ4v) is 4.68. The Hall–Kier alpha value is -3.35. The summed E-state index contributed by atoms with van der Waals surface area (Å²) in [5, 5.41) is 12.9. The number of hydrogen-bond acceptors (Lipinski definition) is 3. The van der Waals surface area contributed by atoms with Gasteiger partial charge in [0.2, 0.25) is 0 Å². The lowest BCUT2D eigenvalue weighted by Gasteiger charge is -2.36. The predicted molar refractivity (Wildman–Crippen MR) is 124 cm³/mol. The van der Waals surface area contributed by atoms with E-state index in [1.165, 1.54) is 12.1 Å². The summed E-state index contributed by atoms with van der Waals surface area (Å²) in [6, 6.07) is 18.8. The van der Waals surface area contributed by atoms with E-state index in [0.29, 0.717) is 28.6 Å². The second kappa shape index (κ2) is 7.97. The maximum atomic E-state index is 13.5. The number of aromatic nitrogens is 1. The van der Waals surface area contributed by atoms with Gasteiger partial charge in [-0.05, 0) is 53.9 Å². The molecule has 2 heterocycles. The van der Waals surface area contributed by atoms with E-state index in [1.54, 1.807) is 35.2 Å². The monoisotopic (exact) mass is 465 g/mol. The largest absolute Gasteiger partial charge is 0.356 e. The number of fused-ring (bicyclic) bond motifs is 3. The standard InChI is InChI=1S/C24H17Cl2N3O3/c25-19-10-7-15(13-20(19)26)24(30)28-12-11-18-17-3-1-2-4-21(17)27-22(18)23(28)14-5-8-16(9-6-14)29(31)32/h1-10,13,23,27H,11-12H2/t23-/m1/s1. The molecule has 0 aliphatic carbocycles. The van der Waals surface area contributed by atoms with E-state index in [1.807, 2.05) is 18.2 Å². The van der Waals surface area contributed by atoms with Crippen LogP contribution in [0.5, 0.6) is 0 Å². The number of rotatable bonds is 3. The van der Waals surface area contributed by atoms with Crippen molar-refractivity contribution in [2.45, 2.75) is 12.5 Å². The van der Waals surface area contributed by atoms with Gasteiger partial charge in [0.25, 0.3) is 11.6 Å². The van der Waals surface area contributed by atoms with Crippen molar-refractivity contribution in [3.8, 4) is 0 Å². The molecule has 6 nitrogen and oxygen atoms in total. The number of nitro groups is 1. The van der Waals surface area contributed by atoms with Crippen molar-refractivity contribution in [2.24, 2.45) is 0 Å². The smallest absolute Gasteiger partial charge is 0.269 e. The van der Waals surface area contributed by atoms with Gasteiger partial charge >= 0.3 is 0 Å². The SMILES string of the molecule is O=C(c1ccc(Cl)c(Cl)c1)N1CCc2c([nH]c3ccccc23)[C@H]1c1ccc([N+](=O)[O-])cc1. The van der Waals surface area contributed by atoms with Crippen LogP contribution in [0.3, 0.4) is 0 Å². The summed E-state index contributed by atoms with van der Waals surface area (Å²) in [6.45, 7) is 0.496. The van der Waals surface area contributed by atoms with Crippen molar-refractivity contribution in [1.29, 1.82) is 0 Å². The van der Waals surface area contributed by atoms with Gasteiger partial charge in [0.15, 0.2) is 0 Å². The quantitative estimate of drug-likeness (QED) is 0.290. The Labute approximate surface area is 193 Å². The van der Waals surface area contributed by atoms with Crippen LogP contribution in [0.1, 0.15) is 33.2 Å². The molecule has 5 rings (SSSR count). The summed E-state index contributed by atoms with van der Waals surface area (Å²) in [5.74, 6) is -0.184. The number of nitro benzene ring substituents is 1. The summed E-state index contributed by atoms with van der Waals surface area (Å²) in [5.41, 5.74) is 4.29. The number of nitrogens with zero attached hydrogens (tertiary/aromatic N) is 2. The summed E-state index contributed by atoms with van der Waals surface area (Å²) in [6.07, 6.45) is 0.690. The Morgan fingerprint density at radius 1 is 1.03 bits per heavy atom. The molecule has 8 heteroatoms. The lowest BCUT2D eigenvalue weighted by atomic mass is 9.91. The van der Waals surface area contributed by atoms with E-state index in [4.69, 9.17) is 23.2 Å². The summed E-state index contributed by atoms with van der Waals surface area (Å²) in [7, 11) is 0. The molecule has 1 aliphatic heterocycles. The highest BCUT2D eigenvalue weighted by atomic mass is 35.5. The first-order valence-corrected chi connectivity index (χ1v) is 10.8. The molecule has 0 radical (unpaired) electrons. The predicted octanol–water partition coefficient (Wildman–Crippen LogP) is 6.17. The topological polar surface area (TPSA) is 79.2 Å². The Balaban J connectivity index is 1.64. The first-order chi connectivity index (χ1) is 15.4. The number of H-pyrrole nitrogens is 1. The highest BCUT2D eigenvalue weighted by Crippen LogP contribution is 2.39. The van der Waals surface area contributed by atoms with E-state index in [9.17, 15) is 14.9 Å². The van der Waals surface area contributed by atoms with Crippen LogP contribution in [0, 0.1) is 10.1 Å². The third kappa shape index (κ3) is 3.42. The molecule has 1 aliphatic rings. The Kier molecular flexibility index (Phi) is 5.12. The number of carbonyl (C=O) groups is 1. The molecule has 32 heavy (non-hydrogen) atoms. The van der Waals surface area contributed by atoms with Crippen LogP contribution in [-0.2, 0) is 6.42 Å². The van der Waals surface area contributed by atoms with Crippen LogP contribution in [0.15, 0.2) is 66.7 Å². The molecule has 1 atom stereocenters. The van der Waals surface area contributed by atoms with Gasteiger partial charge in [0.1, 0.15) is 0 Å². The van der Waals surface area contributed by atoms with Crippen molar-refractivity contribution in [1.82, 2.24) is 9.88 Å². The fourth-order valence-electron chi connectivity index (χ4n) is 4.38. The van der Waals surface area contributed by atoms with Crippen LogP contribution in [0.4, 0.5) is 5.69 Å². The molecule has 1 N–H and O–H groups in total. The van der Waals surface area contributed by atoms with Gasteiger partial charge in [-0.15, -0.1) is 0 Å². The number of non-ortho nitro benzene ring substituents is 1. The van der Waals surface area contributed by atoms with Crippen LogP contribution in [0.25, 0.3) is 10.9 Å². The third-order valence-electron chi connectivity index (χ3n) is 5.88. The van der Waals surface area contributed by atoms with Crippen LogP contribution >= 0.6 is 23.2 Å². The second-order valence-corrected chi connectivity index (χ2v) is 8.51. The van der Waals surface area contributed by atoms with Gasteiger partial charge in [0.05, 0.1) is 21.0 Å². The van der Waals surface area contributed by atoms with Crippen LogP contribution < -0.4 is 0 Å². The van der Waals surface area contributed by atoms with Crippen molar-refractivity contribution < 1.29 is 9.72 Å². The lowest BCUT2D eigenvalue weighted by Crippen LogP contribution is -2.40. The number of aromatic amines is 1. The molecule has 3 aromatic carbocycles. The number of hydrogen-bond donors (Lipinski definition) is 1. The Morgan fingerprint density at radius 3 is 2.50 bits per heavy atom. The first-order valence-electron chi connectivity index (χ1n) is 10.0. The molecule has 1 amide bonds. The molecule has 160 valence electrons. The maximum absolute atomic E-state index is 13.5. The van der Waals surface area contributed by atoms with Gasteiger partial charge in [-0.3, -0.25) is 14.9 Å². The zero-order valence-electron chi connectivity index (χ0n) is 16.7. The minimum Gasteiger partial charge on any atom is -0.356 e. The van der Waals surface area contributed by atoms with Crippen molar-refractivity contribution >= 4 is 45.7 Å². The normalized spacial score (nSPS) is 15.6. The summed E-state index contributed by atoms with van der Waals surface area (Å²) < 4.78 is 0. The first kappa shape index (κ1) is 20.5. The van der Waals surface area contributed by atoms with E-state index >= 15 is 0 Å². The van der Waals surface area contributed by atoms with Crippen LogP contribution in [-0.4, -0.2) is 27.3 Å². The minimum atomic E-state index is -0.433. The Morgan fingerprint density at radius 2 is 1.78 bits per heavy atom. The minimum absolute atomic E-state index is 0.00351. The number of nitrogens with one attached hydrogen (secondary N) is 1. The van der Waals surface area contributed by atoms with E-state index in [0.717, 1.165) is 27.7 Å². The zero-order chi connectivity index (χ0) is 22.4. The second-order valence-electron chi connectivity index (χ2n) is 7.69. The fraction of sp³-hybridized carbons (Fsp3) is 0.125. The molecule has 1 aromatic heterocycles. The number of halogens is 2. The molecular weight excluding hydrogens is 449 g/mol. The van der Waals surface area contributed by atoms with E-state index in [-0.39, 0.29) is 11.6 Å². The molecule has 4 aromatic rings. The third-order valence-corrected chi connectivity index (χ3v) is 6.62. The molecule has 0 saturated carbocycles. The summed E-state index contributed by atoms with van der Waals surface area (Å²) >= 11 is 12.2. The molecule has 0 bridgehead atoms. The average Bonchev–Trinajstić information content (AvgIpc) is 3.18. The molecular formula is C24H17Cl2N3O3. The molecule has 0 saturated heterocycles. The highest BCUT2D eigenvalue weighted by Gasteiger charge is 2.35.